The van der Waals surface area contributed by atoms with Crippen molar-refractivity contribution in [3.8, 4) is 11.8 Å². The molecule has 1 atom stereocenters. The third kappa shape index (κ3) is 7.36. The molecule has 0 saturated carbocycles. The Morgan fingerprint density at radius 1 is 1.19 bits per heavy atom. The van der Waals surface area contributed by atoms with Gasteiger partial charge in [-0.25, -0.2) is 4.79 Å². The Hall–Kier alpha value is -2.85. The number of rotatable bonds is 8. The van der Waals surface area contributed by atoms with Crippen LogP contribution in [0.4, 0.5) is 0 Å². The molecule has 0 bridgehead atoms. The molecular weight excluding hydrogens is 338 g/mol. The van der Waals surface area contributed by atoms with Crippen molar-refractivity contribution in [1.29, 1.82) is 0 Å². The number of hydrogen-bond acceptors (Lipinski definition) is 6. The quantitative estimate of drug-likeness (QED) is 0.530. The summed E-state index contributed by atoms with van der Waals surface area (Å²) in [7, 11) is 0. The minimum Gasteiger partial charge on any atom is -0.466 e. The SMILES string of the molecule is CCOC(=O)CC[C@H](NC(=O)c1cccc(C#CCO)c1)C(=O)OCC. The van der Waals surface area contributed by atoms with Gasteiger partial charge in [0.25, 0.3) is 5.91 Å². The van der Waals surface area contributed by atoms with Crippen molar-refractivity contribution in [2.24, 2.45) is 0 Å². The van der Waals surface area contributed by atoms with Crippen LogP contribution in [0.15, 0.2) is 24.3 Å². The van der Waals surface area contributed by atoms with E-state index in [1.807, 2.05) is 0 Å². The van der Waals surface area contributed by atoms with E-state index in [4.69, 9.17) is 14.6 Å². The van der Waals surface area contributed by atoms with Gasteiger partial charge < -0.3 is 19.9 Å². The van der Waals surface area contributed by atoms with E-state index < -0.39 is 23.9 Å². The van der Waals surface area contributed by atoms with Gasteiger partial charge in [0.05, 0.1) is 13.2 Å². The zero-order valence-corrected chi connectivity index (χ0v) is 14.9. The van der Waals surface area contributed by atoms with Crippen molar-refractivity contribution in [2.45, 2.75) is 32.7 Å². The number of aliphatic hydroxyl groups is 1. The molecule has 0 saturated heterocycles. The summed E-state index contributed by atoms with van der Waals surface area (Å²) >= 11 is 0. The average molecular weight is 361 g/mol. The van der Waals surface area contributed by atoms with Crippen LogP contribution in [0.5, 0.6) is 0 Å². The van der Waals surface area contributed by atoms with Crippen LogP contribution >= 0.6 is 0 Å². The van der Waals surface area contributed by atoms with E-state index in [1.165, 1.54) is 0 Å². The highest BCUT2D eigenvalue weighted by Gasteiger charge is 2.24. The van der Waals surface area contributed by atoms with Gasteiger partial charge >= 0.3 is 11.9 Å². The number of carbonyl (C=O) groups excluding carboxylic acids is 3. The molecule has 0 spiro atoms. The van der Waals surface area contributed by atoms with E-state index in [0.717, 1.165) is 0 Å². The molecule has 0 aliphatic carbocycles. The lowest BCUT2D eigenvalue weighted by Gasteiger charge is -2.17. The number of ether oxygens (including phenoxy) is 2. The fourth-order valence-corrected chi connectivity index (χ4v) is 2.11. The van der Waals surface area contributed by atoms with Crippen LogP contribution < -0.4 is 5.32 Å². The van der Waals surface area contributed by atoms with Gasteiger partial charge in [-0.2, -0.15) is 0 Å². The maximum absolute atomic E-state index is 12.4. The van der Waals surface area contributed by atoms with Gasteiger partial charge in [-0.05, 0) is 38.5 Å². The summed E-state index contributed by atoms with van der Waals surface area (Å²) in [5.74, 6) is 3.66. The minimum atomic E-state index is -0.959. The van der Waals surface area contributed by atoms with Gasteiger partial charge in [0, 0.05) is 17.5 Å². The Balaban J connectivity index is 2.83. The van der Waals surface area contributed by atoms with Gasteiger partial charge in [0.1, 0.15) is 12.6 Å². The molecule has 0 aromatic heterocycles. The molecule has 0 heterocycles. The first-order chi connectivity index (χ1) is 12.5. The molecule has 0 unspecified atom stereocenters. The first-order valence-electron chi connectivity index (χ1n) is 8.34. The number of amides is 1. The highest BCUT2D eigenvalue weighted by atomic mass is 16.5. The maximum Gasteiger partial charge on any atom is 0.328 e. The summed E-state index contributed by atoms with van der Waals surface area (Å²) < 4.78 is 9.79. The van der Waals surface area contributed by atoms with Crippen molar-refractivity contribution in [3.05, 3.63) is 35.4 Å². The molecule has 7 nitrogen and oxygen atoms in total. The smallest absolute Gasteiger partial charge is 0.328 e. The Labute approximate surface area is 152 Å². The zero-order chi connectivity index (χ0) is 19.4. The van der Waals surface area contributed by atoms with E-state index in [9.17, 15) is 14.4 Å². The van der Waals surface area contributed by atoms with Crippen LogP contribution in [0.25, 0.3) is 0 Å². The summed E-state index contributed by atoms with van der Waals surface area (Å²) in [5, 5.41) is 11.3. The number of aliphatic hydroxyl groups excluding tert-OH is 1. The van der Waals surface area contributed by atoms with Crippen LogP contribution in [0.1, 0.15) is 42.6 Å². The van der Waals surface area contributed by atoms with E-state index in [-0.39, 0.29) is 32.7 Å². The van der Waals surface area contributed by atoms with Crippen LogP contribution in [0.2, 0.25) is 0 Å². The molecule has 1 aromatic rings. The predicted molar refractivity (Wildman–Crippen MR) is 94.2 cm³/mol. The highest BCUT2D eigenvalue weighted by molar-refractivity contribution is 5.97. The number of nitrogens with one attached hydrogen (secondary N) is 1. The normalized spacial score (nSPS) is 10.9. The van der Waals surface area contributed by atoms with Gasteiger partial charge in [-0.3, -0.25) is 9.59 Å². The van der Waals surface area contributed by atoms with Gasteiger partial charge in [0.2, 0.25) is 0 Å². The zero-order valence-electron chi connectivity index (χ0n) is 14.9. The molecule has 0 aliphatic heterocycles. The first-order valence-corrected chi connectivity index (χ1v) is 8.34. The molecule has 1 amide bonds. The molecule has 1 aromatic carbocycles. The molecule has 0 aliphatic rings. The standard InChI is InChI=1S/C19H23NO6/c1-3-25-17(22)11-10-16(19(24)26-4-2)20-18(23)15-9-5-7-14(13-15)8-6-12-21/h5,7,9,13,16,21H,3-4,10-12H2,1-2H3,(H,20,23)/t16-/m0/s1. The molecule has 0 fully saturated rings. The molecule has 26 heavy (non-hydrogen) atoms. The molecular formula is C19H23NO6. The summed E-state index contributed by atoms with van der Waals surface area (Å²) in [6, 6.07) is 5.51. The monoisotopic (exact) mass is 361 g/mol. The lowest BCUT2D eigenvalue weighted by atomic mass is 10.1. The van der Waals surface area contributed by atoms with Gasteiger partial charge in [-0.1, -0.05) is 17.9 Å². The summed E-state index contributed by atoms with van der Waals surface area (Å²) in [6.45, 7) is 3.48. The fourth-order valence-electron chi connectivity index (χ4n) is 2.11. The summed E-state index contributed by atoms with van der Waals surface area (Å²) in [6.07, 6.45) is 0.0625. The van der Waals surface area contributed by atoms with E-state index in [1.54, 1.807) is 38.1 Å². The highest BCUT2D eigenvalue weighted by Crippen LogP contribution is 2.08. The number of carbonyl (C=O) groups is 3. The number of benzene rings is 1. The Kier molecular flexibility index (Phi) is 9.50. The molecule has 0 radical (unpaired) electrons. The Morgan fingerprint density at radius 2 is 1.92 bits per heavy atom. The van der Waals surface area contributed by atoms with E-state index in [0.29, 0.717) is 11.1 Å². The molecule has 2 N–H and O–H groups in total. The van der Waals surface area contributed by atoms with Crippen molar-refractivity contribution >= 4 is 17.8 Å². The second-order valence-electron chi connectivity index (χ2n) is 5.16. The Bertz CT molecular complexity index is 689. The largest absolute Gasteiger partial charge is 0.466 e. The average Bonchev–Trinajstić information content (AvgIpc) is 2.63. The van der Waals surface area contributed by atoms with Gasteiger partial charge in [0.15, 0.2) is 0 Å². The lowest BCUT2D eigenvalue weighted by molar-refractivity contribution is -0.146. The Morgan fingerprint density at radius 3 is 2.58 bits per heavy atom. The van der Waals surface area contributed by atoms with Crippen LogP contribution in [-0.4, -0.2) is 48.8 Å². The fraction of sp³-hybridized carbons (Fsp3) is 0.421. The first kappa shape index (κ1) is 21.2. The second kappa shape index (κ2) is 11.7. The predicted octanol–water partition coefficient (Wildman–Crippen LogP) is 1.04. The van der Waals surface area contributed by atoms with E-state index >= 15 is 0 Å². The van der Waals surface area contributed by atoms with Crippen LogP contribution in [-0.2, 0) is 19.1 Å². The van der Waals surface area contributed by atoms with Gasteiger partial charge in [-0.15, -0.1) is 0 Å². The second-order valence-corrected chi connectivity index (χ2v) is 5.16. The van der Waals surface area contributed by atoms with Crippen LogP contribution in [0, 0.1) is 11.8 Å². The van der Waals surface area contributed by atoms with Crippen LogP contribution in [0.3, 0.4) is 0 Å². The topological polar surface area (TPSA) is 102 Å². The molecule has 7 heteroatoms. The summed E-state index contributed by atoms with van der Waals surface area (Å²) in [4.78, 5) is 36.0. The lowest BCUT2D eigenvalue weighted by Crippen LogP contribution is -2.42. The van der Waals surface area contributed by atoms with Crippen molar-refractivity contribution < 1.29 is 29.0 Å². The maximum atomic E-state index is 12.4. The third-order valence-electron chi connectivity index (χ3n) is 3.26. The third-order valence-corrected chi connectivity index (χ3v) is 3.26. The number of esters is 2. The molecule has 1 rings (SSSR count). The van der Waals surface area contributed by atoms with Crippen molar-refractivity contribution in [2.75, 3.05) is 19.8 Å². The number of hydrogen-bond donors (Lipinski definition) is 2. The van der Waals surface area contributed by atoms with Crippen molar-refractivity contribution in [1.82, 2.24) is 5.32 Å². The van der Waals surface area contributed by atoms with Crippen molar-refractivity contribution in [3.63, 3.8) is 0 Å². The van der Waals surface area contributed by atoms with E-state index in [2.05, 4.69) is 17.2 Å². The summed E-state index contributed by atoms with van der Waals surface area (Å²) in [5.41, 5.74) is 0.867. The molecule has 140 valence electrons. The minimum absolute atomic E-state index is 0.0143.